The Labute approximate surface area is 186 Å². The van der Waals surface area contributed by atoms with Gasteiger partial charge < -0.3 is 14.3 Å². The summed E-state index contributed by atoms with van der Waals surface area (Å²) >= 11 is 0. The van der Waals surface area contributed by atoms with E-state index in [0.29, 0.717) is 60.8 Å². The van der Waals surface area contributed by atoms with Crippen molar-refractivity contribution in [3.8, 4) is 11.3 Å². The summed E-state index contributed by atoms with van der Waals surface area (Å²) in [6.07, 6.45) is 2.20. The molecule has 0 bridgehead atoms. The first-order valence-electron chi connectivity index (χ1n) is 11.2. The maximum atomic E-state index is 13.5. The predicted octanol–water partition coefficient (Wildman–Crippen LogP) is 2.58. The van der Waals surface area contributed by atoms with Crippen LogP contribution in [-0.4, -0.2) is 82.5 Å². The number of aromatic nitrogens is 2. The Balaban J connectivity index is 1.34. The van der Waals surface area contributed by atoms with Gasteiger partial charge >= 0.3 is 0 Å². The second-order valence-corrected chi connectivity index (χ2v) is 8.53. The largest absolute Gasteiger partial charge is 0.342 e. The van der Waals surface area contributed by atoms with E-state index in [9.17, 15) is 9.59 Å². The Morgan fingerprint density at radius 3 is 2.41 bits per heavy atom. The van der Waals surface area contributed by atoms with Crippen molar-refractivity contribution in [1.29, 1.82) is 0 Å². The molecule has 2 amide bonds. The average Bonchev–Trinajstić information content (AvgIpc) is 3.50. The highest BCUT2D eigenvalue weighted by Crippen LogP contribution is 2.28. The molecule has 2 saturated heterocycles. The van der Waals surface area contributed by atoms with Gasteiger partial charge in [-0.25, -0.2) is 4.98 Å². The highest BCUT2D eigenvalue weighted by molar-refractivity contribution is 6.07. The average molecular weight is 434 g/mol. The van der Waals surface area contributed by atoms with Crippen LogP contribution in [0.4, 0.5) is 0 Å². The van der Waals surface area contributed by atoms with Gasteiger partial charge in [0.1, 0.15) is 0 Å². The number of piperazine rings is 1. The normalized spacial score (nSPS) is 17.3. The highest BCUT2D eigenvalue weighted by Gasteiger charge is 2.28. The summed E-state index contributed by atoms with van der Waals surface area (Å²) < 4.78 is 5.42. The van der Waals surface area contributed by atoms with Crippen molar-refractivity contribution in [2.45, 2.75) is 19.8 Å². The molecule has 4 heterocycles. The third kappa shape index (κ3) is 3.98. The molecule has 0 aliphatic carbocycles. The second kappa shape index (κ2) is 8.70. The van der Waals surface area contributed by atoms with E-state index < -0.39 is 0 Å². The van der Waals surface area contributed by atoms with Gasteiger partial charge in [0, 0.05) is 44.8 Å². The van der Waals surface area contributed by atoms with Crippen molar-refractivity contribution in [3.05, 3.63) is 47.7 Å². The Kier molecular flexibility index (Phi) is 5.61. The zero-order valence-corrected chi connectivity index (χ0v) is 18.3. The first-order chi connectivity index (χ1) is 15.6. The smallest absolute Gasteiger partial charge is 0.259 e. The quantitative estimate of drug-likeness (QED) is 0.629. The lowest BCUT2D eigenvalue weighted by molar-refractivity contribution is -0.131. The third-order valence-corrected chi connectivity index (χ3v) is 6.39. The van der Waals surface area contributed by atoms with Crippen LogP contribution >= 0.6 is 0 Å². The van der Waals surface area contributed by atoms with Gasteiger partial charge in [-0.15, -0.1) is 0 Å². The SMILES string of the molecule is Cc1noc2nc(-c3ccccc3)cc(C(=O)N3CCN(CC(=O)N4CCCC4)CC3)c12. The van der Waals surface area contributed by atoms with Crippen LogP contribution < -0.4 is 0 Å². The number of carbonyl (C=O) groups is 2. The van der Waals surface area contributed by atoms with Crippen molar-refractivity contribution >= 4 is 22.9 Å². The lowest BCUT2D eigenvalue weighted by atomic mass is 10.0. The number of aryl methyl sites for hydroxylation is 1. The van der Waals surface area contributed by atoms with Crippen molar-refractivity contribution in [2.75, 3.05) is 45.8 Å². The first kappa shape index (κ1) is 20.6. The monoisotopic (exact) mass is 433 g/mol. The molecule has 32 heavy (non-hydrogen) atoms. The summed E-state index contributed by atoms with van der Waals surface area (Å²) in [7, 11) is 0. The number of nitrogens with zero attached hydrogens (tertiary/aromatic N) is 5. The Morgan fingerprint density at radius 2 is 1.69 bits per heavy atom. The van der Waals surface area contributed by atoms with Crippen LogP contribution in [0.1, 0.15) is 28.9 Å². The van der Waals surface area contributed by atoms with Gasteiger partial charge in [0.15, 0.2) is 0 Å². The molecule has 1 aromatic carbocycles. The van der Waals surface area contributed by atoms with Gasteiger partial charge in [0.2, 0.25) is 5.91 Å². The summed E-state index contributed by atoms with van der Waals surface area (Å²) in [5, 5.41) is 4.71. The molecule has 3 aromatic rings. The summed E-state index contributed by atoms with van der Waals surface area (Å²) in [5.74, 6) is 0.150. The summed E-state index contributed by atoms with van der Waals surface area (Å²) in [4.78, 5) is 36.5. The molecule has 2 aromatic heterocycles. The van der Waals surface area contributed by atoms with Gasteiger partial charge in [-0.3, -0.25) is 14.5 Å². The predicted molar refractivity (Wildman–Crippen MR) is 120 cm³/mol. The van der Waals surface area contributed by atoms with E-state index in [-0.39, 0.29) is 11.8 Å². The molecule has 2 fully saturated rings. The Hall–Kier alpha value is -3.26. The first-order valence-corrected chi connectivity index (χ1v) is 11.2. The fourth-order valence-electron chi connectivity index (χ4n) is 4.56. The molecule has 8 nitrogen and oxygen atoms in total. The zero-order valence-electron chi connectivity index (χ0n) is 18.3. The van der Waals surface area contributed by atoms with Crippen LogP contribution in [-0.2, 0) is 4.79 Å². The van der Waals surface area contributed by atoms with Crippen LogP contribution in [0.5, 0.6) is 0 Å². The minimum absolute atomic E-state index is 0.0496. The van der Waals surface area contributed by atoms with Gasteiger partial charge in [0.25, 0.3) is 11.6 Å². The van der Waals surface area contributed by atoms with Gasteiger partial charge in [0.05, 0.1) is 28.9 Å². The molecule has 2 aliphatic heterocycles. The van der Waals surface area contributed by atoms with E-state index in [1.807, 2.05) is 53.1 Å². The van der Waals surface area contributed by atoms with Crippen molar-refractivity contribution in [2.24, 2.45) is 0 Å². The number of hydrogen-bond acceptors (Lipinski definition) is 6. The van der Waals surface area contributed by atoms with Crippen LogP contribution in [0.3, 0.4) is 0 Å². The van der Waals surface area contributed by atoms with E-state index in [0.717, 1.165) is 31.5 Å². The molecule has 0 spiro atoms. The fourth-order valence-corrected chi connectivity index (χ4v) is 4.56. The van der Waals surface area contributed by atoms with Crippen LogP contribution in [0.25, 0.3) is 22.4 Å². The number of pyridine rings is 1. The number of fused-ring (bicyclic) bond motifs is 1. The number of carbonyl (C=O) groups excluding carboxylic acids is 2. The van der Waals surface area contributed by atoms with Crippen LogP contribution in [0.2, 0.25) is 0 Å². The molecule has 0 unspecified atom stereocenters. The lowest BCUT2D eigenvalue weighted by Gasteiger charge is -2.35. The maximum Gasteiger partial charge on any atom is 0.259 e. The number of rotatable bonds is 4. The van der Waals surface area contributed by atoms with Crippen LogP contribution in [0.15, 0.2) is 40.9 Å². The van der Waals surface area contributed by atoms with Crippen LogP contribution in [0, 0.1) is 6.92 Å². The molecule has 0 saturated carbocycles. The summed E-state index contributed by atoms with van der Waals surface area (Å²) in [5.41, 5.74) is 3.21. The van der Waals surface area contributed by atoms with E-state index in [2.05, 4.69) is 15.0 Å². The molecule has 5 rings (SSSR count). The fraction of sp³-hybridized carbons (Fsp3) is 0.417. The van der Waals surface area contributed by atoms with E-state index >= 15 is 0 Å². The van der Waals surface area contributed by atoms with Gasteiger partial charge in [-0.05, 0) is 25.8 Å². The standard InChI is InChI=1S/C24H27N5O3/c1-17-22-19(15-20(25-23(22)32-26-17)18-7-3-2-4-8-18)24(31)29-13-11-27(12-14-29)16-21(30)28-9-5-6-10-28/h2-4,7-8,15H,5-6,9-14,16H2,1H3. The van der Waals surface area contributed by atoms with Gasteiger partial charge in [-0.2, -0.15) is 0 Å². The van der Waals surface area contributed by atoms with Crippen molar-refractivity contribution < 1.29 is 14.1 Å². The second-order valence-electron chi connectivity index (χ2n) is 8.53. The number of amides is 2. The van der Waals surface area contributed by atoms with Crippen molar-refractivity contribution in [1.82, 2.24) is 24.8 Å². The van der Waals surface area contributed by atoms with E-state index in [1.54, 1.807) is 0 Å². The molecular weight excluding hydrogens is 406 g/mol. The Bertz CT molecular complexity index is 1130. The minimum atomic E-state index is -0.0496. The number of hydrogen-bond donors (Lipinski definition) is 0. The number of likely N-dealkylation sites (tertiary alicyclic amines) is 1. The summed E-state index contributed by atoms with van der Waals surface area (Å²) in [6.45, 7) is 6.55. The minimum Gasteiger partial charge on any atom is -0.342 e. The molecule has 8 heteroatoms. The number of benzene rings is 1. The molecular formula is C24H27N5O3. The highest BCUT2D eigenvalue weighted by atomic mass is 16.5. The molecule has 166 valence electrons. The molecule has 0 N–H and O–H groups in total. The molecule has 0 radical (unpaired) electrons. The maximum absolute atomic E-state index is 13.5. The van der Waals surface area contributed by atoms with E-state index in [1.165, 1.54) is 0 Å². The van der Waals surface area contributed by atoms with Gasteiger partial charge in [-0.1, -0.05) is 35.5 Å². The zero-order chi connectivity index (χ0) is 22.1. The Morgan fingerprint density at radius 1 is 0.969 bits per heavy atom. The topological polar surface area (TPSA) is 82.8 Å². The van der Waals surface area contributed by atoms with Crippen molar-refractivity contribution in [3.63, 3.8) is 0 Å². The molecule has 0 atom stereocenters. The summed E-state index contributed by atoms with van der Waals surface area (Å²) in [6, 6.07) is 11.6. The van der Waals surface area contributed by atoms with E-state index in [4.69, 9.17) is 4.52 Å². The molecule has 2 aliphatic rings. The lowest BCUT2D eigenvalue weighted by Crippen LogP contribution is -2.51. The third-order valence-electron chi connectivity index (χ3n) is 6.39.